The molecule has 0 aromatic carbocycles. The van der Waals surface area contributed by atoms with Crippen molar-refractivity contribution < 1.29 is 0 Å². The maximum atomic E-state index is 2.38. The first kappa shape index (κ1) is 8.66. The second kappa shape index (κ2) is 2.99. The van der Waals surface area contributed by atoms with Crippen LogP contribution in [0.2, 0.25) is 0 Å². The van der Waals surface area contributed by atoms with E-state index in [2.05, 4.69) is 12.2 Å². The van der Waals surface area contributed by atoms with Crippen molar-refractivity contribution in [3.8, 4) is 0 Å². The van der Waals surface area contributed by atoms with E-state index in [1.54, 1.807) is 0 Å². The van der Waals surface area contributed by atoms with Gasteiger partial charge in [0.2, 0.25) is 0 Å². The van der Waals surface area contributed by atoms with E-state index in [0.29, 0.717) is 0 Å². The van der Waals surface area contributed by atoms with Crippen LogP contribution in [0.25, 0.3) is 0 Å². The fraction of sp³-hybridized carbons (Fsp3) is 0.714. The summed E-state index contributed by atoms with van der Waals surface area (Å²) in [5.41, 5.74) is 0. The molecule has 0 spiro atoms. The Kier molecular flexibility index (Phi) is 2.88. The zero-order chi connectivity index (χ0) is 4.69. The lowest BCUT2D eigenvalue weighted by molar-refractivity contribution is 0.691. The molecule has 0 heterocycles. The van der Waals surface area contributed by atoms with Crippen molar-refractivity contribution >= 4 is 0 Å². The normalized spacial score (nSPS) is 35.6. The summed E-state index contributed by atoms with van der Waals surface area (Å²) in [6.45, 7) is 0. The van der Waals surface area contributed by atoms with E-state index in [4.69, 9.17) is 0 Å². The van der Waals surface area contributed by atoms with E-state index in [9.17, 15) is 0 Å². The predicted molar refractivity (Wildman–Crippen MR) is 40.0 cm³/mol. The van der Waals surface area contributed by atoms with Crippen molar-refractivity contribution in [2.24, 2.45) is 11.8 Å². The molecule has 9 heavy (non-hydrogen) atoms. The summed E-state index contributed by atoms with van der Waals surface area (Å²) < 4.78 is 0. The Hall–Kier alpha value is -0.340. The van der Waals surface area contributed by atoms with Gasteiger partial charge in [-0.2, -0.15) is 0 Å². The van der Waals surface area contributed by atoms with Gasteiger partial charge in [0.15, 0.2) is 0 Å². The first-order valence-corrected chi connectivity index (χ1v) is 3.13. The third kappa shape index (κ3) is 1.32. The number of hydrogen-bond donors (Lipinski definition) is 2. The summed E-state index contributed by atoms with van der Waals surface area (Å²) in [5, 5.41) is 0. The molecule has 0 aromatic heterocycles. The second-order valence-corrected chi connectivity index (χ2v) is 2.72. The standard InChI is InChI=1S/C7H10.2H3N/c1-2-7-4-3-6(1)5-7;;/h1-2,6-7H,3-5H2;2*1H3. The maximum Gasteiger partial charge on any atom is -0.0228 e. The molecular weight excluding hydrogens is 112 g/mol. The lowest BCUT2D eigenvalue weighted by atomic mass is 10.1. The van der Waals surface area contributed by atoms with Crippen LogP contribution < -0.4 is 12.3 Å². The highest BCUT2D eigenvalue weighted by molar-refractivity contribution is 5.06. The summed E-state index contributed by atoms with van der Waals surface area (Å²) in [5.74, 6) is 1.98. The van der Waals surface area contributed by atoms with Gasteiger partial charge in [-0.15, -0.1) is 0 Å². The molecule has 2 bridgehead atoms. The van der Waals surface area contributed by atoms with Gasteiger partial charge in [0, 0.05) is 0 Å². The van der Waals surface area contributed by atoms with Crippen LogP contribution in [0.5, 0.6) is 0 Å². The number of allylic oxidation sites excluding steroid dienone is 2. The highest BCUT2D eigenvalue weighted by Crippen LogP contribution is 2.38. The minimum Gasteiger partial charge on any atom is -0.344 e. The SMILES string of the molecule is C1=CC2CCC1C2.N.N. The number of hydrogen-bond acceptors (Lipinski definition) is 2. The number of rotatable bonds is 0. The van der Waals surface area contributed by atoms with Crippen LogP contribution in [0.15, 0.2) is 12.2 Å². The quantitative estimate of drug-likeness (QED) is 0.491. The minimum atomic E-state index is 0. The number of fused-ring (bicyclic) bond motifs is 2. The van der Waals surface area contributed by atoms with Crippen molar-refractivity contribution in [2.45, 2.75) is 19.3 Å². The topological polar surface area (TPSA) is 70.0 Å². The fourth-order valence-corrected chi connectivity index (χ4v) is 1.72. The molecule has 0 aromatic rings. The molecule has 6 N–H and O–H groups in total. The monoisotopic (exact) mass is 128 g/mol. The summed E-state index contributed by atoms with van der Waals surface area (Å²) in [4.78, 5) is 0. The van der Waals surface area contributed by atoms with Gasteiger partial charge in [-0.1, -0.05) is 12.2 Å². The Balaban J connectivity index is 0.000000320. The lowest BCUT2D eigenvalue weighted by Gasteiger charge is -1.96. The van der Waals surface area contributed by atoms with E-state index < -0.39 is 0 Å². The average Bonchev–Trinajstić information content (AvgIpc) is 2.22. The molecule has 0 aliphatic heterocycles. The van der Waals surface area contributed by atoms with Crippen LogP contribution in [0.3, 0.4) is 0 Å². The van der Waals surface area contributed by atoms with E-state index in [1.165, 1.54) is 19.3 Å². The van der Waals surface area contributed by atoms with Crippen LogP contribution in [0.4, 0.5) is 0 Å². The molecule has 2 heteroatoms. The van der Waals surface area contributed by atoms with Gasteiger partial charge in [0.25, 0.3) is 0 Å². The Morgan fingerprint density at radius 1 is 0.889 bits per heavy atom. The van der Waals surface area contributed by atoms with Crippen molar-refractivity contribution in [3.63, 3.8) is 0 Å². The van der Waals surface area contributed by atoms with Gasteiger partial charge in [-0.3, -0.25) is 0 Å². The molecule has 0 amide bonds. The van der Waals surface area contributed by atoms with Crippen molar-refractivity contribution in [1.29, 1.82) is 0 Å². The predicted octanol–water partition coefficient (Wildman–Crippen LogP) is 2.30. The van der Waals surface area contributed by atoms with Crippen molar-refractivity contribution in [2.75, 3.05) is 0 Å². The van der Waals surface area contributed by atoms with Crippen LogP contribution in [0.1, 0.15) is 19.3 Å². The smallest absolute Gasteiger partial charge is 0.0228 e. The van der Waals surface area contributed by atoms with Gasteiger partial charge >= 0.3 is 0 Å². The molecule has 54 valence electrons. The van der Waals surface area contributed by atoms with E-state index in [1.807, 2.05) is 0 Å². The second-order valence-electron chi connectivity index (χ2n) is 2.72. The van der Waals surface area contributed by atoms with Gasteiger partial charge < -0.3 is 12.3 Å². The molecule has 0 saturated heterocycles. The molecule has 2 rings (SSSR count). The molecule has 1 fully saturated rings. The summed E-state index contributed by atoms with van der Waals surface area (Å²) >= 11 is 0. The molecule has 2 aliphatic rings. The highest BCUT2D eigenvalue weighted by atomic mass is 14.3. The molecule has 2 nitrogen and oxygen atoms in total. The first-order valence-electron chi connectivity index (χ1n) is 3.13. The van der Waals surface area contributed by atoms with Gasteiger partial charge in [-0.25, -0.2) is 0 Å². The van der Waals surface area contributed by atoms with E-state index in [0.717, 1.165) is 11.8 Å². The van der Waals surface area contributed by atoms with Crippen LogP contribution in [0, 0.1) is 11.8 Å². The van der Waals surface area contributed by atoms with Gasteiger partial charge in [0.05, 0.1) is 0 Å². The van der Waals surface area contributed by atoms with Gasteiger partial charge in [-0.05, 0) is 31.1 Å². The van der Waals surface area contributed by atoms with Gasteiger partial charge in [0.1, 0.15) is 0 Å². The van der Waals surface area contributed by atoms with Crippen molar-refractivity contribution in [3.05, 3.63) is 12.2 Å². The molecule has 2 atom stereocenters. The van der Waals surface area contributed by atoms with E-state index >= 15 is 0 Å². The average molecular weight is 128 g/mol. The van der Waals surface area contributed by atoms with Crippen LogP contribution >= 0.6 is 0 Å². The summed E-state index contributed by atoms with van der Waals surface area (Å²) in [6.07, 6.45) is 9.19. The van der Waals surface area contributed by atoms with Crippen LogP contribution in [-0.2, 0) is 0 Å². The molecule has 0 radical (unpaired) electrons. The largest absolute Gasteiger partial charge is 0.344 e. The summed E-state index contributed by atoms with van der Waals surface area (Å²) in [6, 6.07) is 0. The summed E-state index contributed by atoms with van der Waals surface area (Å²) in [7, 11) is 0. The zero-order valence-corrected chi connectivity index (χ0v) is 5.84. The first-order chi connectivity index (χ1) is 3.45. The maximum absolute atomic E-state index is 2.38. The molecule has 2 unspecified atom stereocenters. The lowest BCUT2D eigenvalue weighted by Crippen LogP contribution is -1.82. The molecule has 1 saturated carbocycles. The Labute approximate surface area is 56.5 Å². The zero-order valence-electron chi connectivity index (χ0n) is 5.84. The van der Waals surface area contributed by atoms with Crippen molar-refractivity contribution in [1.82, 2.24) is 12.3 Å². The van der Waals surface area contributed by atoms with Crippen LogP contribution in [-0.4, -0.2) is 0 Å². The highest BCUT2D eigenvalue weighted by Gasteiger charge is 2.25. The Bertz CT molecular complexity index is 97.5. The Morgan fingerprint density at radius 2 is 1.33 bits per heavy atom. The third-order valence-electron chi connectivity index (χ3n) is 2.17. The Morgan fingerprint density at radius 3 is 1.44 bits per heavy atom. The fourth-order valence-electron chi connectivity index (χ4n) is 1.72. The minimum absolute atomic E-state index is 0. The molecular formula is C7H16N2. The van der Waals surface area contributed by atoms with E-state index in [-0.39, 0.29) is 12.3 Å². The third-order valence-corrected chi connectivity index (χ3v) is 2.17. The molecule has 2 aliphatic carbocycles.